The van der Waals surface area contributed by atoms with Crippen molar-refractivity contribution in [2.24, 2.45) is 0 Å². The first-order chi connectivity index (χ1) is 19.9. The molecule has 1 amide bonds. The lowest BCUT2D eigenvalue weighted by atomic mass is 9.83. The van der Waals surface area contributed by atoms with Crippen LogP contribution in [0.1, 0.15) is 52.7 Å². The van der Waals surface area contributed by atoms with E-state index in [0.29, 0.717) is 72.4 Å². The molecule has 0 saturated heterocycles. The predicted octanol–water partition coefficient (Wildman–Crippen LogP) is 5.19. The molecule has 2 aromatic heterocycles. The normalized spacial score (nSPS) is 16.2. The summed E-state index contributed by atoms with van der Waals surface area (Å²) in [6.45, 7) is 13.6. The van der Waals surface area contributed by atoms with Gasteiger partial charge in [0.15, 0.2) is 0 Å². The van der Waals surface area contributed by atoms with Gasteiger partial charge in [-0.1, -0.05) is 20.8 Å². The molecule has 0 aliphatic carbocycles. The SMILES string of the molecule is COc1ncccc1Nc1nccc(-c2cc(C#N)c3c(c2)C(C)(COCCNC(C)C)CN3C(=O)OC(C)(C)C)n1. The Kier molecular flexibility index (Phi) is 9.29. The molecule has 4 rings (SSSR count). The van der Waals surface area contributed by atoms with Gasteiger partial charge in [0, 0.05) is 42.5 Å². The lowest BCUT2D eigenvalue weighted by molar-refractivity contribution is 0.0561. The Morgan fingerprint density at radius 1 is 1.21 bits per heavy atom. The highest BCUT2D eigenvalue weighted by atomic mass is 16.6. The molecule has 1 unspecified atom stereocenters. The Morgan fingerprint density at radius 3 is 2.69 bits per heavy atom. The topological polar surface area (TPSA) is 135 Å². The molecule has 42 heavy (non-hydrogen) atoms. The van der Waals surface area contributed by atoms with Crippen LogP contribution in [0, 0.1) is 11.3 Å². The first-order valence-corrected chi connectivity index (χ1v) is 13.9. The van der Waals surface area contributed by atoms with Crippen LogP contribution < -0.4 is 20.3 Å². The number of nitrogens with zero attached hydrogens (tertiary/aromatic N) is 5. The molecule has 0 radical (unpaired) electrons. The number of hydrogen-bond acceptors (Lipinski definition) is 10. The van der Waals surface area contributed by atoms with Crippen LogP contribution in [-0.2, 0) is 14.9 Å². The summed E-state index contributed by atoms with van der Waals surface area (Å²) in [6.07, 6.45) is 2.78. The van der Waals surface area contributed by atoms with E-state index in [0.717, 1.165) is 5.56 Å². The minimum Gasteiger partial charge on any atom is -0.480 e. The number of rotatable bonds is 10. The van der Waals surface area contributed by atoms with Crippen molar-refractivity contribution in [3.05, 3.63) is 53.9 Å². The molecule has 3 aromatic rings. The largest absolute Gasteiger partial charge is 0.480 e. The van der Waals surface area contributed by atoms with E-state index in [9.17, 15) is 10.1 Å². The van der Waals surface area contributed by atoms with Crippen molar-refractivity contribution in [1.29, 1.82) is 5.26 Å². The summed E-state index contributed by atoms with van der Waals surface area (Å²) in [5, 5.41) is 16.7. The molecule has 1 aromatic carbocycles. The third-order valence-electron chi connectivity index (χ3n) is 6.65. The fourth-order valence-corrected chi connectivity index (χ4v) is 4.79. The predicted molar refractivity (Wildman–Crippen MR) is 161 cm³/mol. The van der Waals surface area contributed by atoms with E-state index in [4.69, 9.17) is 19.2 Å². The molecule has 0 saturated carbocycles. The maximum atomic E-state index is 13.4. The fourth-order valence-electron chi connectivity index (χ4n) is 4.79. The van der Waals surface area contributed by atoms with Gasteiger partial charge in [0.25, 0.3) is 0 Å². The molecule has 11 nitrogen and oxygen atoms in total. The summed E-state index contributed by atoms with van der Waals surface area (Å²) in [5.74, 6) is 0.759. The number of benzene rings is 1. The number of carbonyl (C=O) groups is 1. The first kappa shape index (κ1) is 30.7. The molecular formula is C31H39N7O4. The number of nitriles is 1. The van der Waals surface area contributed by atoms with Crippen molar-refractivity contribution in [3.63, 3.8) is 0 Å². The average Bonchev–Trinajstić information content (AvgIpc) is 3.24. The van der Waals surface area contributed by atoms with Crippen LogP contribution in [0.5, 0.6) is 5.88 Å². The summed E-state index contributed by atoms with van der Waals surface area (Å²) >= 11 is 0. The van der Waals surface area contributed by atoms with E-state index < -0.39 is 17.1 Å². The van der Waals surface area contributed by atoms with Crippen LogP contribution in [0.2, 0.25) is 0 Å². The molecule has 0 bridgehead atoms. The zero-order valence-electron chi connectivity index (χ0n) is 25.3. The van der Waals surface area contributed by atoms with Gasteiger partial charge in [-0.3, -0.25) is 4.90 Å². The summed E-state index contributed by atoms with van der Waals surface area (Å²) in [7, 11) is 1.54. The van der Waals surface area contributed by atoms with Gasteiger partial charge in [0.05, 0.1) is 37.3 Å². The smallest absolute Gasteiger partial charge is 0.414 e. The lowest BCUT2D eigenvalue weighted by Gasteiger charge is -2.27. The number of carbonyl (C=O) groups excluding carboxylic acids is 1. The van der Waals surface area contributed by atoms with E-state index in [2.05, 4.69) is 40.5 Å². The molecule has 1 aliphatic heterocycles. The molecule has 0 fully saturated rings. The number of anilines is 3. The summed E-state index contributed by atoms with van der Waals surface area (Å²) in [5.41, 5.74) is 2.36. The van der Waals surface area contributed by atoms with Gasteiger partial charge in [-0.2, -0.15) is 5.26 Å². The Hall–Kier alpha value is -4.27. The van der Waals surface area contributed by atoms with E-state index in [1.54, 1.807) is 42.6 Å². The van der Waals surface area contributed by atoms with Crippen LogP contribution in [0.3, 0.4) is 0 Å². The maximum absolute atomic E-state index is 13.4. The molecule has 0 spiro atoms. The van der Waals surface area contributed by atoms with Gasteiger partial charge < -0.3 is 24.8 Å². The quantitative estimate of drug-likeness (QED) is 0.312. The van der Waals surface area contributed by atoms with E-state index >= 15 is 0 Å². The van der Waals surface area contributed by atoms with E-state index in [1.807, 2.05) is 39.8 Å². The number of fused-ring (bicyclic) bond motifs is 1. The Bertz CT molecular complexity index is 1460. The number of pyridine rings is 1. The molecule has 2 N–H and O–H groups in total. The number of aromatic nitrogens is 3. The van der Waals surface area contributed by atoms with Crippen LogP contribution in [0.25, 0.3) is 11.3 Å². The van der Waals surface area contributed by atoms with Gasteiger partial charge in [-0.15, -0.1) is 0 Å². The number of methoxy groups -OCH3 is 1. The highest BCUT2D eigenvalue weighted by Crippen LogP contribution is 2.45. The van der Waals surface area contributed by atoms with Crippen molar-refractivity contribution in [2.45, 2.75) is 58.6 Å². The minimum atomic E-state index is -0.691. The number of amides is 1. The highest BCUT2D eigenvalue weighted by molar-refractivity contribution is 5.95. The highest BCUT2D eigenvalue weighted by Gasteiger charge is 2.45. The third-order valence-corrected chi connectivity index (χ3v) is 6.65. The van der Waals surface area contributed by atoms with Gasteiger partial charge in [-0.25, -0.2) is 19.7 Å². The molecule has 11 heteroatoms. The Balaban J connectivity index is 1.72. The molecule has 3 heterocycles. The number of ether oxygens (including phenoxy) is 3. The molecule has 1 atom stereocenters. The molecule has 1 aliphatic rings. The third kappa shape index (κ3) is 7.13. The standard InChI is InChI=1S/C31H39N7O4/c1-20(2)33-13-14-41-19-31(6)18-38(29(39)42-30(3,4)5)26-22(17-32)15-21(16-23(26)31)24-10-12-35-28(36-24)37-25-9-8-11-34-27(25)40-7/h8-12,15-16,20,33H,13-14,18-19H2,1-7H3,(H,35,36,37). The zero-order valence-corrected chi connectivity index (χ0v) is 25.3. The van der Waals surface area contributed by atoms with Crippen molar-refractivity contribution < 1.29 is 19.0 Å². The van der Waals surface area contributed by atoms with Gasteiger partial charge in [0.1, 0.15) is 17.4 Å². The van der Waals surface area contributed by atoms with Gasteiger partial charge >= 0.3 is 6.09 Å². The summed E-state index contributed by atoms with van der Waals surface area (Å²) < 4.78 is 17.2. The number of hydrogen-bond donors (Lipinski definition) is 2. The second-order valence-electron chi connectivity index (χ2n) is 11.8. The number of nitrogens with one attached hydrogen (secondary N) is 2. The van der Waals surface area contributed by atoms with Crippen LogP contribution in [0.15, 0.2) is 42.7 Å². The van der Waals surface area contributed by atoms with Crippen molar-refractivity contribution >= 4 is 23.4 Å². The zero-order chi connectivity index (χ0) is 30.5. The first-order valence-electron chi connectivity index (χ1n) is 13.9. The monoisotopic (exact) mass is 573 g/mol. The van der Waals surface area contributed by atoms with Crippen molar-refractivity contribution in [1.82, 2.24) is 20.3 Å². The summed E-state index contributed by atoms with van der Waals surface area (Å²) in [4.78, 5) is 28.2. The van der Waals surface area contributed by atoms with E-state index in [-0.39, 0.29) is 0 Å². The second kappa shape index (κ2) is 12.7. The molecule has 222 valence electrons. The van der Waals surface area contributed by atoms with Crippen LogP contribution >= 0.6 is 0 Å². The van der Waals surface area contributed by atoms with Crippen molar-refractivity contribution in [2.75, 3.05) is 43.6 Å². The average molecular weight is 574 g/mol. The second-order valence-corrected chi connectivity index (χ2v) is 11.8. The van der Waals surface area contributed by atoms with Gasteiger partial charge in [-0.05, 0) is 56.7 Å². The van der Waals surface area contributed by atoms with Gasteiger partial charge in [0.2, 0.25) is 11.8 Å². The maximum Gasteiger partial charge on any atom is 0.414 e. The summed E-state index contributed by atoms with van der Waals surface area (Å²) in [6, 6.07) is 11.8. The Morgan fingerprint density at radius 2 is 2.00 bits per heavy atom. The lowest BCUT2D eigenvalue weighted by Crippen LogP contribution is -2.41. The van der Waals surface area contributed by atoms with Crippen molar-refractivity contribution in [3.8, 4) is 23.2 Å². The van der Waals surface area contributed by atoms with Crippen LogP contribution in [-0.4, -0.2) is 66.1 Å². The van der Waals surface area contributed by atoms with E-state index in [1.165, 1.54) is 0 Å². The van der Waals surface area contributed by atoms with Crippen LogP contribution in [0.4, 0.5) is 22.1 Å². The Labute approximate surface area is 247 Å². The molecular weight excluding hydrogens is 534 g/mol. The fraction of sp³-hybridized carbons (Fsp3) is 0.452. The minimum absolute atomic E-state index is 0.310.